The summed E-state index contributed by atoms with van der Waals surface area (Å²) in [5.74, 6) is -1.65. The van der Waals surface area contributed by atoms with Gasteiger partial charge in [0.15, 0.2) is 5.82 Å². The summed E-state index contributed by atoms with van der Waals surface area (Å²) in [6.07, 6.45) is 0.395. The fourth-order valence-electron chi connectivity index (χ4n) is 3.27. The highest BCUT2D eigenvalue weighted by atomic mass is 79.9. The Balaban J connectivity index is 1.53. The van der Waals surface area contributed by atoms with Crippen LogP contribution in [0.25, 0.3) is 5.69 Å². The highest BCUT2D eigenvalue weighted by molar-refractivity contribution is 9.10. The Morgan fingerprint density at radius 2 is 2.03 bits per heavy atom. The van der Waals surface area contributed by atoms with E-state index in [1.165, 1.54) is 22.9 Å². The Bertz CT molecular complexity index is 1100. The van der Waals surface area contributed by atoms with Crippen LogP contribution in [-0.4, -0.2) is 38.6 Å². The predicted molar refractivity (Wildman–Crippen MR) is 107 cm³/mol. The van der Waals surface area contributed by atoms with Gasteiger partial charge in [0.1, 0.15) is 17.4 Å². The van der Waals surface area contributed by atoms with Crippen LogP contribution in [0.4, 0.5) is 15.8 Å². The topological polar surface area (TPSA) is 93.0 Å². The van der Waals surface area contributed by atoms with E-state index >= 15 is 0 Å². The van der Waals surface area contributed by atoms with E-state index in [-0.39, 0.29) is 11.6 Å². The highest BCUT2D eigenvalue weighted by Gasteiger charge is 2.38. The van der Waals surface area contributed by atoms with Crippen molar-refractivity contribution in [1.82, 2.24) is 20.2 Å². The Kier molecular flexibility index (Phi) is 5.10. The van der Waals surface area contributed by atoms with Crippen LogP contribution in [0.15, 0.2) is 46.9 Å². The van der Waals surface area contributed by atoms with Crippen LogP contribution in [0.3, 0.4) is 0 Å². The maximum atomic E-state index is 14.2. The van der Waals surface area contributed by atoms with E-state index in [1.54, 1.807) is 11.8 Å². The minimum Gasteiger partial charge on any atom is -0.325 e. The molecule has 29 heavy (non-hydrogen) atoms. The lowest BCUT2D eigenvalue weighted by Gasteiger charge is -2.18. The number of nitrogens with one attached hydrogen (secondary N) is 1. The number of halogens is 2. The smallest absolute Gasteiger partial charge is 0.239 e. The Labute approximate surface area is 173 Å². The van der Waals surface area contributed by atoms with Gasteiger partial charge in [-0.3, -0.25) is 9.59 Å². The standard InChI is InChI=1S/C19H16BrFN6O2/c1-11-23-24-25-27(11)17-10-12(6-7-15(17)21)22-18(28)13-8-9-26(19(13)29)16-5-3-2-4-14(16)20/h2-7,10,13H,8-9H2,1H3,(H,22,28). The number of amides is 2. The summed E-state index contributed by atoms with van der Waals surface area (Å²) >= 11 is 3.44. The van der Waals surface area contributed by atoms with Crippen LogP contribution < -0.4 is 10.2 Å². The second-order valence-corrected chi connectivity index (χ2v) is 7.43. The van der Waals surface area contributed by atoms with Crippen LogP contribution >= 0.6 is 15.9 Å². The van der Waals surface area contributed by atoms with Gasteiger partial charge in [-0.15, -0.1) is 5.10 Å². The van der Waals surface area contributed by atoms with Crippen molar-refractivity contribution in [3.63, 3.8) is 0 Å². The van der Waals surface area contributed by atoms with Gasteiger partial charge >= 0.3 is 0 Å². The van der Waals surface area contributed by atoms with Crippen molar-refractivity contribution in [3.05, 3.63) is 58.6 Å². The SMILES string of the molecule is Cc1nnnn1-c1cc(NC(=O)C2CCN(c3ccccc3Br)C2=O)ccc1F. The summed E-state index contributed by atoms with van der Waals surface area (Å²) in [7, 11) is 0. The summed E-state index contributed by atoms with van der Waals surface area (Å²) in [5, 5.41) is 13.7. The molecule has 1 saturated heterocycles. The maximum absolute atomic E-state index is 14.2. The zero-order chi connectivity index (χ0) is 20.5. The van der Waals surface area contributed by atoms with Crippen LogP contribution in [0, 0.1) is 18.7 Å². The number of para-hydroxylation sites is 1. The van der Waals surface area contributed by atoms with Crippen molar-refractivity contribution in [2.24, 2.45) is 5.92 Å². The van der Waals surface area contributed by atoms with E-state index in [2.05, 4.69) is 36.8 Å². The summed E-state index contributed by atoms with van der Waals surface area (Å²) in [6, 6.07) is 11.4. The minimum atomic E-state index is -0.814. The molecule has 1 fully saturated rings. The number of aryl methyl sites for hydroxylation is 1. The van der Waals surface area contributed by atoms with E-state index in [4.69, 9.17) is 0 Å². The molecule has 8 nitrogen and oxygen atoms in total. The molecule has 1 N–H and O–H groups in total. The molecule has 1 unspecified atom stereocenters. The third-order valence-electron chi connectivity index (χ3n) is 4.73. The van der Waals surface area contributed by atoms with Crippen molar-refractivity contribution in [2.45, 2.75) is 13.3 Å². The molecule has 2 heterocycles. The second kappa shape index (κ2) is 7.70. The molecule has 1 aliphatic rings. The number of hydrogen-bond donors (Lipinski definition) is 1. The average molecular weight is 459 g/mol. The molecule has 2 amide bonds. The van der Waals surface area contributed by atoms with Crippen molar-refractivity contribution >= 4 is 39.1 Å². The number of hydrogen-bond acceptors (Lipinski definition) is 5. The molecule has 4 rings (SSSR count). The molecule has 1 aromatic heterocycles. The lowest BCUT2D eigenvalue weighted by Crippen LogP contribution is -2.33. The molecule has 0 aliphatic carbocycles. The highest BCUT2D eigenvalue weighted by Crippen LogP contribution is 2.32. The summed E-state index contributed by atoms with van der Waals surface area (Å²) < 4.78 is 16.2. The van der Waals surface area contributed by atoms with Crippen molar-refractivity contribution in [1.29, 1.82) is 0 Å². The second-order valence-electron chi connectivity index (χ2n) is 6.58. The first-order valence-electron chi connectivity index (χ1n) is 8.87. The normalized spacial score (nSPS) is 16.3. The minimum absolute atomic E-state index is 0.109. The number of nitrogens with zero attached hydrogens (tertiary/aromatic N) is 5. The third kappa shape index (κ3) is 3.63. The maximum Gasteiger partial charge on any atom is 0.239 e. The summed E-state index contributed by atoms with van der Waals surface area (Å²) in [4.78, 5) is 27.1. The molecule has 1 aliphatic heterocycles. The van der Waals surface area contributed by atoms with E-state index in [1.807, 2.05) is 24.3 Å². The summed E-state index contributed by atoms with van der Waals surface area (Å²) in [5.41, 5.74) is 1.19. The third-order valence-corrected chi connectivity index (χ3v) is 5.40. The van der Waals surface area contributed by atoms with Crippen molar-refractivity contribution in [3.8, 4) is 5.69 Å². The summed E-state index contributed by atoms with van der Waals surface area (Å²) in [6.45, 7) is 2.08. The number of aromatic nitrogens is 4. The Hall–Kier alpha value is -3.14. The van der Waals surface area contributed by atoms with Crippen LogP contribution in [-0.2, 0) is 9.59 Å². The van der Waals surface area contributed by atoms with Crippen molar-refractivity contribution < 1.29 is 14.0 Å². The molecule has 148 valence electrons. The fourth-order valence-corrected chi connectivity index (χ4v) is 3.77. The number of benzene rings is 2. The number of rotatable bonds is 4. The van der Waals surface area contributed by atoms with Crippen molar-refractivity contribution in [2.75, 3.05) is 16.8 Å². The van der Waals surface area contributed by atoms with E-state index in [0.29, 0.717) is 24.5 Å². The molecule has 0 spiro atoms. The van der Waals surface area contributed by atoms with Gasteiger partial charge in [-0.05, 0) is 70.0 Å². The Morgan fingerprint density at radius 1 is 1.24 bits per heavy atom. The van der Waals surface area contributed by atoms with Crippen LogP contribution in [0.5, 0.6) is 0 Å². The number of anilines is 2. The van der Waals surface area contributed by atoms with Crippen LogP contribution in [0.1, 0.15) is 12.2 Å². The van der Waals surface area contributed by atoms with E-state index in [0.717, 1.165) is 10.2 Å². The first-order chi connectivity index (χ1) is 14.0. The van der Waals surface area contributed by atoms with Gasteiger partial charge in [-0.25, -0.2) is 4.39 Å². The molecular formula is C19H16BrFN6O2. The molecule has 1 atom stereocenters. The number of carbonyl (C=O) groups is 2. The molecule has 0 saturated carbocycles. The van der Waals surface area contributed by atoms with Gasteiger partial charge in [0.25, 0.3) is 0 Å². The van der Waals surface area contributed by atoms with Gasteiger partial charge in [-0.2, -0.15) is 4.68 Å². The molecule has 0 radical (unpaired) electrons. The fraction of sp³-hybridized carbons (Fsp3) is 0.211. The van der Waals surface area contributed by atoms with Gasteiger partial charge in [-0.1, -0.05) is 12.1 Å². The first kappa shape index (κ1) is 19.2. The molecule has 2 aromatic carbocycles. The zero-order valence-electron chi connectivity index (χ0n) is 15.3. The molecular weight excluding hydrogens is 443 g/mol. The Morgan fingerprint density at radius 3 is 2.76 bits per heavy atom. The van der Waals surface area contributed by atoms with E-state index in [9.17, 15) is 14.0 Å². The quantitative estimate of drug-likeness (QED) is 0.606. The lowest BCUT2D eigenvalue weighted by atomic mass is 10.1. The van der Waals surface area contributed by atoms with Gasteiger partial charge in [0.05, 0.1) is 5.69 Å². The number of tetrazole rings is 1. The lowest BCUT2D eigenvalue weighted by molar-refractivity contribution is -0.129. The number of carbonyl (C=O) groups excluding carboxylic acids is 2. The van der Waals surface area contributed by atoms with E-state index < -0.39 is 17.6 Å². The monoisotopic (exact) mass is 458 g/mol. The molecule has 0 bridgehead atoms. The van der Waals surface area contributed by atoms with Crippen LogP contribution in [0.2, 0.25) is 0 Å². The zero-order valence-corrected chi connectivity index (χ0v) is 16.9. The van der Waals surface area contributed by atoms with Gasteiger partial charge in [0, 0.05) is 16.7 Å². The largest absolute Gasteiger partial charge is 0.325 e. The molecule has 10 heteroatoms. The van der Waals surface area contributed by atoms with Gasteiger partial charge < -0.3 is 10.2 Å². The first-order valence-corrected chi connectivity index (χ1v) is 9.66. The predicted octanol–water partition coefficient (Wildman–Crippen LogP) is 2.86. The average Bonchev–Trinajstić information content (AvgIpc) is 3.29. The molecule has 3 aromatic rings. The van der Waals surface area contributed by atoms with Gasteiger partial charge in [0.2, 0.25) is 11.8 Å².